The maximum absolute atomic E-state index is 12.8. The summed E-state index contributed by atoms with van der Waals surface area (Å²) in [6, 6.07) is 6.58. The van der Waals surface area contributed by atoms with Crippen molar-refractivity contribution in [2.24, 2.45) is 5.92 Å². The maximum atomic E-state index is 12.8. The van der Waals surface area contributed by atoms with Crippen molar-refractivity contribution in [2.75, 3.05) is 32.0 Å². The standard InChI is InChI=1S/C16H22FNO2S/c1-2-20-16(19)13-4-3-9-18(12-13)10-11-21-15-7-5-14(17)6-8-15/h5-8,13H,2-4,9-12H2,1H3/t13-/m1/s1. The zero-order chi connectivity index (χ0) is 15.1. The summed E-state index contributed by atoms with van der Waals surface area (Å²) in [5.41, 5.74) is 0. The summed E-state index contributed by atoms with van der Waals surface area (Å²) in [4.78, 5) is 15.2. The first-order valence-corrected chi connectivity index (χ1v) is 8.45. The molecule has 0 N–H and O–H groups in total. The molecule has 3 nitrogen and oxygen atoms in total. The number of nitrogens with zero attached hydrogens (tertiary/aromatic N) is 1. The van der Waals surface area contributed by atoms with E-state index in [-0.39, 0.29) is 17.7 Å². The number of ether oxygens (including phenoxy) is 1. The molecule has 1 fully saturated rings. The minimum Gasteiger partial charge on any atom is -0.466 e. The molecule has 0 unspecified atom stereocenters. The van der Waals surface area contributed by atoms with E-state index in [2.05, 4.69) is 4.90 Å². The van der Waals surface area contributed by atoms with Gasteiger partial charge < -0.3 is 9.64 Å². The fourth-order valence-electron chi connectivity index (χ4n) is 2.53. The Hall–Kier alpha value is -1.07. The third kappa shape index (κ3) is 5.32. The van der Waals surface area contributed by atoms with Crippen molar-refractivity contribution in [3.63, 3.8) is 0 Å². The number of rotatable bonds is 6. The van der Waals surface area contributed by atoms with E-state index in [0.29, 0.717) is 6.61 Å². The summed E-state index contributed by atoms with van der Waals surface area (Å²) in [6.45, 7) is 5.08. The van der Waals surface area contributed by atoms with Gasteiger partial charge in [0.2, 0.25) is 0 Å². The van der Waals surface area contributed by atoms with Crippen LogP contribution in [0.1, 0.15) is 19.8 Å². The second-order valence-electron chi connectivity index (χ2n) is 5.19. The molecule has 2 rings (SSSR count). The molecule has 1 aromatic rings. The van der Waals surface area contributed by atoms with Gasteiger partial charge in [0.1, 0.15) is 5.82 Å². The molecule has 0 aromatic heterocycles. The van der Waals surface area contributed by atoms with Crippen LogP contribution in [0.15, 0.2) is 29.2 Å². The number of halogens is 1. The number of carbonyl (C=O) groups is 1. The molecule has 1 atom stereocenters. The van der Waals surface area contributed by atoms with Gasteiger partial charge in [-0.2, -0.15) is 0 Å². The maximum Gasteiger partial charge on any atom is 0.310 e. The van der Waals surface area contributed by atoms with Gasteiger partial charge in [0.25, 0.3) is 0 Å². The van der Waals surface area contributed by atoms with Crippen LogP contribution in [0.4, 0.5) is 4.39 Å². The van der Waals surface area contributed by atoms with Crippen LogP contribution >= 0.6 is 11.8 Å². The van der Waals surface area contributed by atoms with Crippen molar-refractivity contribution < 1.29 is 13.9 Å². The van der Waals surface area contributed by atoms with Crippen molar-refractivity contribution >= 4 is 17.7 Å². The number of hydrogen-bond donors (Lipinski definition) is 0. The Morgan fingerprint density at radius 2 is 2.19 bits per heavy atom. The largest absolute Gasteiger partial charge is 0.466 e. The summed E-state index contributed by atoms with van der Waals surface area (Å²) < 4.78 is 17.9. The lowest BCUT2D eigenvalue weighted by atomic mass is 9.98. The Labute approximate surface area is 129 Å². The molecule has 1 saturated heterocycles. The molecule has 21 heavy (non-hydrogen) atoms. The van der Waals surface area contributed by atoms with Crippen molar-refractivity contribution in [3.8, 4) is 0 Å². The number of esters is 1. The average Bonchev–Trinajstić information content (AvgIpc) is 2.50. The van der Waals surface area contributed by atoms with Gasteiger partial charge in [0.05, 0.1) is 12.5 Å². The zero-order valence-electron chi connectivity index (χ0n) is 12.4. The first kappa shape index (κ1) is 16.3. The van der Waals surface area contributed by atoms with Gasteiger partial charge >= 0.3 is 5.97 Å². The van der Waals surface area contributed by atoms with Gasteiger partial charge in [0.15, 0.2) is 0 Å². The number of piperidine rings is 1. The molecule has 0 amide bonds. The highest BCUT2D eigenvalue weighted by atomic mass is 32.2. The van der Waals surface area contributed by atoms with Crippen LogP contribution in [0, 0.1) is 11.7 Å². The highest BCUT2D eigenvalue weighted by Crippen LogP contribution is 2.21. The van der Waals surface area contributed by atoms with Crippen LogP contribution in [0.5, 0.6) is 0 Å². The molecule has 0 spiro atoms. The van der Waals surface area contributed by atoms with E-state index >= 15 is 0 Å². The van der Waals surface area contributed by atoms with Crippen molar-refractivity contribution in [2.45, 2.75) is 24.7 Å². The predicted molar refractivity (Wildman–Crippen MR) is 82.9 cm³/mol. The normalized spacial score (nSPS) is 19.4. The van der Waals surface area contributed by atoms with Crippen molar-refractivity contribution in [1.82, 2.24) is 4.90 Å². The Bertz CT molecular complexity index is 452. The molecule has 1 aliphatic heterocycles. The Morgan fingerprint density at radius 3 is 2.90 bits per heavy atom. The summed E-state index contributed by atoms with van der Waals surface area (Å²) >= 11 is 1.72. The number of thioether (sulfide) groups is 1. The van der Waals surface area contributed by atoms with E-state index in [0.717, 1.165) is 43.1 Å². The summed E-state index contributed by atoms with van der Waals surface area (Å²) in [5.74, 6) is 0.705. The molecular formula is C16H22FNO2S. The van der Waals surface area contributed by atoms with E-state index in [9.17, 15) is 9.18 Å². The van der Waals surface area contributed by atoms with E-state index in [1.807, 2.05) is 6.92 Å². The van der Waals surface area contributed by atoms with Crippen LogP contribution in [0.25, 0.3) is 0 Å². The van der Waals surface area contributed by atoms with E-state index in [1.54, 1.807) is 23.9 Å². The molecule has 0 aliphatic carbocycles. The first-order chi connectivity index (χ1) is 10.2. The first-order valence-electron chi connectivity index (χ1n) is 7.46. The van der Waals surface area contributed by atoms with Gasteiger partial charge in [0, 0.05) is 23.7 Å². The second kappa shape index (κ2) is 8.39. The number of hydrogen-bond acceptors (Lipinski definition) is 4. The summed E-state index contributed by atoms with van der Waals surface area (Å²) in [7, 11) is 0. The summed E-state index contributed by atoms with van der Waals surface area (Å²) in [5, 5.41) is 0. The molecule has 1 aliphatic rings. The fraction of sp³-hybridized carbons (Fsp3) is 0.562. The third-order valence-corrected chi connectivity index (χ3v) is 4.61. The zero-order valence-corrected chi connectivity index (χ0v) is 13.2. The topological polar surface area (TPSA) is 29.5 Å². The Morgan fingerprint density at radius 1 is 1.43 bits per heavy atom. The highest BCUT2D eigenvalue weighted by Gasteiger charge is 2.26. The van der Waals surface area contributed by atoms with Gasteiger partial charge in [-0.3, -0.25) is 4.79 Å². The molecule has 0 radical (unpaired) electrons. The molecule has 1 aromatic carbocycles. The quantitative estimate of drug-likeness (QED) is 0.596. The minimum absolute atomic E-state index is 0.0227. The van der Waals surface area contributed by atoms with Crippen molar-refractivity contribution in [1.29, 1.82) is 0 Å². The lowest BCUT2D eigenvalue weighted by Gasteiger charge is -2.31. The fourth-order valence-corrected chi connectivity index (χ4v) is 3.45. The smallest absolute Gasteiger partial charge is 0.310 e. The lowest BCUT2D eigenvalue weighted by molar-refractivity contribution is -0.149. The number of benzene rings is 1. The van der Waals surface area contributed by atoms with Gasteiger partial charge in [-0.05, 0) is 50.6 Å². The number of carbonyl (C=O) groups excluding carboxylic acids is 1. The monoisotopic (exact) mass is 311 g/mol. The molecule has 5 heteroatoms. The van der Waals surface area contributed by atoms with Gasteiger partial charge in [-0.15, -0.1) is 11.8 Å². The van der Waals surface area contributed by atoms with Crippen LogP contribution in [-0.4, -0.2) is 42.9 Å². The predicted octanol–water partition coefficient (Wildman–Crippen LogP) is 3.19. The van der Waals surface area contributed by atoms with Crippen molar-refractivity contribution in [3.05, 3.63) is 30.1 Å². The van der Waals surface area contributed by atoms with E-state index in [1.165, 1.54) is 12.1 Å². The molecule has 1 heterocycles. The lowest BCUT2D eigenvalue weighted by Crippen LogP contribution is -2.40. The molecule has 0 saturated carbocycles. The number of likely N-dealkylation sites (tertiary alicyclic amines) is 1. The Kier molecular flexibility index (Phi) is 6.51. The van der Waals surface area contributed by atoms with E-state index in [4.69, 9.17) is 4.74 Å². The highest BCUT2D eigenvalue weighted by molar-refractivity contribution is 7.99. The Balaban J connectivity index is 1.72. The molecular weight excluding hydrogens is 289 g/mol. The van der Waals surface area contributed by atoms with Gasteiger partial charge in [-0.1, -0.05) is 0 Å². The molecule has 0 bridgehead atoms. The van der Waals surface area contributed by atoms with Crippen LogP contribution < -0.4 is 0 Å². The average molecular weight is 311 g/mol. The van der Waals surface area contributed by atoms with Gasteiger partial charge in [-0.25, -0.2) is 4.39 Å². The SMILES string of the molecule is CCOC(=O)[C@@H]1CCCN(CCSc2ccc(F)cc2)C1. The summed E-state index contributed by atoms with van der Waals surface area (Å²) in [6.07, 6.45) is 1.98. The van der Waals surface area contributed by atoms with Crippen LogP contribution in [0.2, 0.25) is 0 Å². The second-order valence-corrected chi connectivity index (χ2v) is 6.36. The van der Waals surface area contributed by atoms with Crippen LogP contribution in [0.3, 0.4) is 0 Å². The van der Waals surface area contributed by atoms with Crippen LogP contribution in [-0.2, 0) is 9.53 Å². The molecule has 116 valence electrons. The third-order valence-electron chi connectivity index (χ3n) is 3.62. The minimum atomic E-state index is -0.201. The van der Waals surface area contributed by atoms with E-state index < -0.39 is 0 Å².